The molecule has 7 heteroatoms. The van der Waals surface area contributed by atoms with Crippen molar-refractivity contribution >= 4 is 17.5 Å². The number of anilines is 2. The van der Waals surface area contributed by atoms with Gasteiger partial charge in [-0.1, -0.05) is 6.07 Å². The standard InChI is InChI=1S/C25H35N5O2/c1-17-7-8-20(16-27-17)24(31)30-23-13-19(9-11-26-23)21-5-4-6-22(29-21)28-15-18-10-12-32-25(2,3)14-18/h4-6,9,11,13,17-18,20,27H,7-8,10,12,14-16H2,1-3H3,(H,28,29)(H,26,30,31)/t17-,18-,20-/m0/s1. The molecule has 2 aliphatic heterocycles. The highest BCUT2D eigenvalue weighted by atomic mass is 16.5. The number of piperidine rings is 1. The molecule has 32 heavy (non-hydrogen) atoms. The molecule has 4 heterocycles. The van der Waals surface area contributed by atoms with Crippen LogP contribution in [0.25, 0.3) is 11.3 Å². The Morgan fingerprint density at radius 2 is 2.09 bits per heavy atom. The van der Waals surface area contributed by atoms with Gasteiger partial charge in [-0.05, 0) is 76.6 Å². The summed E-state index contributed by atoms with van der Waals surface area (Å²) in [5.41, 5.74) is 1.74. The van der Waals surface area contributed by atoms with Gasteiger partial charge in [-0.15, -0.1) is 0 Å². The molecular formula is C25H35N5O2. The quantitative estimate of drug-likeness (QED) is 0.631. The number of hydrogen-bond donors (Lipinski definition) is 3. The zero-order valence-corrected chi connectivity index (χ0v) is 19.4. The van der Waals surface area contributed by atoms with E-state index in [1.54, 1.807) is 6.20 Å². The maximum atomic E-state index is 12.6. The molecule has 3 N–H and O–H groups in total. The number of pyridine rings is 2. The second kappa shape index (κ2) is 9.96. The van der Waals surface area contributed by atoms with Crippen LogP contribution in [0.15, 0.2) is 36.5 Å². The van der Waals surface area contributed by atoms with Crippen molar-refractivity contribution in [3.05, 3.63) is 36.5 Å². The SMILES string of the molecule is C[C@H]1CC[C@H](C(=O)Nc2cc(-c3cccc(NC[C@H]4CCOC(C)(C)C4)n3)ccn2)CN1. The Morgan fingerprint density at radius 3 is 2.88 bits per heavy atom. The number of ether oxygens (including phenoxy) is 1. The van der Waals surface area contributed by atoms with Crippen LogP contribution in [0, 0.1) is 11.8 Å². The van der Waals surface area contributed by atoms with E-state index in [-0.39, 0.29) is 17.4 Å². The summed E-state index contributed by atoms with van der Waals surface area (Å²) < 4.78 is 5.82. The van der Waals surface area contributed by atoms with Crippen molar-refractivity contribution < 1.29 is 9.53 Å². The van der Waals surface area contributed by atoms with Crippen LogP contribution >= 0.6 is 0 Å². The van der Waals surface area contributed by atoms with Crippen molar-refractivity contribution in [1.29, 1.82) is 0 Å². The van der Waals surface area contributed by atoms with Crippen LogP contribution in [0.5, 0.6) is 0 Å². The van der Waals surface area contributed by atoms with Crippen molar-refractivity contribution in [1.82, 2.24) is 15.3 Å². The van der Waals surface area contributed by atoms with E-state index < -0.39 is 0 Å². The summed E-state index contributed by atoms with van der Waals surface area (Å²) in [5, 5.41) is 9.86. The largest absolute Gasteiger partial charge is 0.376 e. The lowest BCUT2D eigenvalue weighted by Gasteiger charge is -2.35. The van der Waals surface area contributed by atoms with Gasteiger partial charge >= 0.3 is 0 Å². The number of aromatic nitrogens is 2. The summed E-state index contributed by atoms with van der Waals surface area (Å²) in [6, 6.07) is 10.3. The fourth-order valence-electron chi connectivity index (χ4n) is 4.58. The number of carbonyl (C=O) groups excluding carboxylic acids is 1. The van der Waals surface area contributed by atoms with Gasteiger partial charge in [0.2, 0.25) is 5.91 Å². The molecule has 172 valence electrons. The average molecular weight is 438 g/mol. The number of hydrogen-bond acceptors (Lipinski definition) is 6. The fourth-order valence-corrected chi connectivity index (χ4v) is 4.58. The minimum Gasteiger partial charge on any atom is -0.376 e. The molecule has 2 aromatic heterocycles. The second-order valence-electron chi connectivity index (χ2n) is 9.76. The zero-order valence-electron chi connectivity index (χ0n) is 19.4. The summed E-state index contributed by atoms with van der Waals surface area (Å²) in [6.07, 6.45) is 5.75. The number of rotatable bonds is 6. The van der Waals surface area contributed by atoms with Crippen LogP contribution < -0.4 is 16.0 Å². The van der Waals surface area contributed by atoms with Crippen LogP contribution in [0.2, 0.25) is 0 Å². The summed E-state index contributed by atoms with van der Waals surface area (Å²) in [6.45, 7) is 8.88. The first-order chi connectivity index (χ1) is 15.4. The van der Waals surface area contributed by atoms with Crippen LogP contribution in [-0.4, -0.2) is 47.2 Å². The van der Waals surface area contributed by atoms with E-state index in [9.17, 15) is 4.79 Å². The van der Waals surface area contributed by atoms with E-state index >= 15 is 0 Å². The van der Waals surface area contributed by atoms with Gasteiger partial charge in [-0.25, -0.2) is 9.97 Å². The Morgan fingerprint density at radius 1 is 1.22 bits per heavy atom. The fraction of sp³-hybridized carbons (Fsp3) is 0.560. The molecule has 0 aromatic carbocycles. The molecule has 0 bridgehead atoms. The Hall–Kier alpha value is -2.51. The summed E-state index contributed by atoms with van der Waals surface area (Å²) >= 11 is 0. The molecule has 2 fully saturated rings. The molecule has 0 saturated carbocycles. The smallest absolute Gasteiger partial charge is 0.229 e. The average Bonchev–Trinajstić information content (AvgIpc) is 2.78. The maximum Gasteiger partial charge on any atom is 0.229 e. The lowest BCUT2D eigenvalue weighted by molar-refractivity contribution is -0.120. The van der Waals surface area contributed by atoms with Crippen LogP contribution in [0.3, 0.4) is 0 Å². The van der Waals surface area contributed by atoms with E-state index in [0.717, 1.165) is 55.9 Å². The molecule has 2 aliphatic rings. The Bertz CT molecular complexity index is 924. The molecular weight excluding hydrogens is 402 g/mol. The van der Waals surface area contributed by atoms with Gasteiger partial charge in [0.05, 0.1) is 17.2 Å². The number of carbonyl (C=O) groups is 1. The molecule has 2 saturated heterocycles. The number of amides is 1. The van der Waals surface area contributed by atoms with E-state index in [1.807, 2.05) is 30.3 Å². The third kappa shape index (κ3) is 6.04. The van der Waals surface area contributed by atoms with Gasteiger partial charge in [-0.3, -0.25) is 4.79 Å². The third-order valence-corrected chi connectivity index (χ3v) is 6.46. The molecule has 3 atom stereocenters. The van der Waals surface area contributed by atoms with Crippen molar-refractivity contribution in [2.75, 3.05) is 30.3 Å². The van der Waals surface area contributed by atoms with Gasteiger partial charge < -0.3 is 20.7 Å². The number of nitrogens with one attached hydrogen (secondary N) is 3. The van der Waals surface area contributed by atoms with Crippen molar-refractivity contribution in [2.45, 2.75) is 58.1 Å². The Balaban J connectivity index is 1.38. The first-order valence-corrected chi connectivity index (χ1v) is 11.7. The molecule has 4 rings (SSSR count). The van der Waals surface area contributed by atoms with Gasteiger partial charge in [0.25, 0.3) is 0 Å². The lowest BCUT2D eigenvalue weighted by Crippen LogP contribution is -2.41. The predicted molar refractivity (Wildman–Crippen MR) is 128 cm³/mol. The second-order valence-corrected chi connectivity index (χ2v) is 9.76. The first kappa shape index (κ1) is 22.7. The topological polar surface area (TPSA) is 88.2 Å². The van der Waals surface area contributed by atoms with Gasteiger partial charge in [0.1, 0.15) is 11.6 Å². The molecule has 7 nitrogen and oxygen atoms in total. The lowest BCUT2D eigenvalue weighted by atomic mass is 9.88. The summed E-state index contributed by atoms with van der Waals surface area (Å²) in [4.78, 5) is 21.8. The normalized spacial score (nSPS) is 25.2. The highest BCUT2D eigenvalue weighted by Gasteiger charge is 2.28. The Kier molecular flexibility index (Phi) is 7.06. The summed E-state index contributed by atoms with van der Waals surface area (Å²) in [7, 11) is 0. The highest BCUT2D eigenvalue weighted by Crippen LogP contribution is 2.29. The van der Waals surface area contributed by atoms with Gasteiger partial charge in [0, 0.05) is 37.5 Å². The molecule has 2 aromatic rings. The minimum atomic E-state index is -0.0519. The molecule has 0 spiro atoms. The van der Waals surface area contributed by atoms with Gasteiger partial charge in [-0.2, -0.15) is 0 Å². The van der Waals surface area contributed by atoms with Crippen LogP contribution in [0.4, 0.5) is 11.6 Å². The van der Waals surface area contributed by atoms with E-state index in [2.05, 4.69) is 41.7 Å². The molecule has 0 unspecified atom stereocenters. The van der Waals surface area contributed by atoms with Crippen molar-refractivity contribution in [3.8, 4) is 11.3 Å². The van der Waals surface area contributed by atoms with Crippen molar-refractivity contribution in [3.63, 3.8) is 0 Å². The molecule has 0 aliphatic carbocycles. The predicted octanol–water partition coefficient (Wildman–Crippen LogP) is 4.09. The van der Waals surface area contributed by atoms with Gasteiger partial charge in [0.15, 0.2) is 0 Å². The monoisotopic (exact) mass is 437 g/mol. The maximum absolute atomic E-state index is 12.6. The van der Waals surface area contributed by atoms with Crippen molar-refractivity contribution in [2.24, 2.45) is 11.8 Å². The zero-order chi connectivity index (χ0) is 22.6. The van der Waals surface area contributed by atoms with Crippen LogP contribution in [-0.2, 0) is 9.53 Å². The molecule has 1 amide bonds. The minimum absolute atomic E-state index is 0.0162. The number of nitrogens with zero attached hydrogens (tertiary/aromatic N) is 2. The molecule has 0 radical (unpaired) electrons. The Labute approximate surface area is 190 Å². The van der Waals surface area contributed by atoms with E-state index in [4.69, 9.17) is 9.72 Å². The highest BCUT2D eigenvalue weighted by molar-refractivity contribution is 5.92. The van der Waals surface area contributed by atoms with Crippen LogP contribution in [0.1, 0.15) is 46.5 Å². The van der Waals surface area contributed by atoms with E-state index in [1.165, 1.54) is 0 Å². The summed E-state index contributed by atoms with van der Waals surface area (Å²) in [5.74, 6) is 2.01. The first-order valence-electron chi connectivity index (χ1n) is 11.7. The van der Waals surface area contributed by atoms with E-state index in [0.29, 0.717) is 24.3 Å². The third-order valence-electron chi connectivity index (χ3n) is 6.46.